The first-order valence-electron chi connectivity index (χ1n) is 8.24. The minimum absolute atomic E-state index is 0.0526. The fourth-order valence-corrected chi connectivity index (χ4v) is 2.99. The van der Waals surface area contributed by atoms with Crippen molar-refractivity contribution in [3.05, 3.63) is 59.7 Å². The zero-order valence-electron chi connectivity index (χ0n) is 14.2. The lowest BCUT2D eigenvalue weighted by atomic mass is 10.1. The van der Waals surface area contributed by atoms with Crippen LogP contribution in [0.5, 0.6) is 11.5 Å². The zero-order chi connectivity index (χ0) is 19.7. The second-order valence-electron chi connectivity index (χ2n) is 6.51. The molecule has 0 radical (unpaired) electrons. The van der Waals surface area contributed by atoms with Crippen molar-refractivity contribution in [1.82, 2.24) is 4.90 Å². The number of halogens is 4. The molecule has 4 nitrogen and oxygen atoms in total. The molecule has 1 saturated heterocycles. The van der Waals surface area contributed by atoms with E-state index in [9.17, 15) is 22.4 Å². The summed E-state index contributed by atoms with van der Waals surface area (Å²) in [5.41, 5.74) is -2.30. The lowest BCUT2D eigenvalue weighted by Crippen LogP contribution is -2.36. The van der Waals surface area contributed by atoms with Gasteiger partial charge in [0, 0.05) is 26.1 Å². The highest BCUT2D eigenvalue weighted by Gasteiger charge is 2.45. The van der Waals surface area contributed by atoms with E-state index in [-0.39, 0.29) is 18.7 Å². The Morgan fingerprint density at radius 3 is 2.44 bits per heavy atom. The Labute approximate surface area is 153 Å². The molecule has 1 aliphatic heterocycles. The van der Waals surface area contributed by atoms with Gasteiger partial charge >= 0.3 is 12.1 Å². The molecule has 1 N–H and O–H groups in total. The van der Waals surface area contributed by atoms with Crippen LogP contribution in [0.3, 0.4) is 0 Å². The third kappa shape index (κ3) is 4.57. The van der Waals surface area contributed by atoms with Gasteiger partial charge in [0.1, 0.15) is 11.5 Å². The number of ether oxygens (including phenoxy) is 1. The molecule has 2 aromatic rings. The second kappa shape index (κ2) is 7.19. The van der Waals surface area contributed by atoms with Crippen molar-refractivity contribution >= 4 is 5.97 Å². The number of hydrogen-bond donors (Lipinski definition) is 1. The van der Waals surface area contributed by atoms with Crippen LogP contribution in [-0.2, 0) is 17.5 Å². The normalized spacial score (nSPS) is 20.6. The van der Waals surface area contributed by atoms with Crippen molar-refractivity contribution in [2.75, 3.05) is 13.1 Å². The number of rotatable bonds is 5. The molecule has 27 heavy (non-hydrogen) atoms. The van der Waals surface area contributed by atoms with Gasteiger partial charge in [-0.15, -0.1) is 0 Å². The van der Waals surface area contributed by atoms with Crippen LogP contribution in [0.15, 0.2) is 48.5 Å². The second-order valence-corrected chi connectivity index (χ2v) is 6.51. The Balaban J connectivity index is 1.69. The molecule has 1 aliphatic rings. The van der Waals surface area contributed by atoms with E-state index in [0.29, 0.717) is 18.8 Å². The topological polar surface area (TPSA) is 49.8 Å². The standard InChI is InChI=1S/C19H17F4NO3/c20-18(17(25)26)7-8-24(12-18)11-13-3-1-5-15(9-13)27-16-6-2-4-14(10-16)19(21,22)23/h1-6,9-10H,7-8,11-12H2,(H,25,26). The van der Waals surface area contributed by atoms with Crippen LogP contribution in [0.1, 0.15) is 17.5 Å². The van der Waals surface area contributed by atoms with Crippen molar-refractivity contribution in [2.24, 2.45) is 0 Å². The fraction of sp³-hybridized carbons (Fsp3) is 0.316. The Morgan fingerprint density at radius 1 is 1.15 bits per heavy atom. The smallest absolute Gasteiger partial charge is 0.416 e. The highest BCUT2D eigenvalue weighted by molar-refractivity contribution is 5.78. The predicted octanol–water partition coefficient (Wildman–Crippen LogP) is 4.50. The molecule has 1 fully saturated rings. The number of hydrogen-bond acceptors (Lipinski definition) is 3. The molecule has 144 valence electrons. The minimum Gasteiger partial charge on any atom is -0.479 e. The Kier molecular flexibility index (Phi) is 5.10. The van der Waals surface area contributed by atoms with E-state index in [2.05, 4.69) is 0 Å². The van der Waals surface area contributed by atoms with Crippen LogP contribution in [-0.4, -0.2) is 34.7 Å². The van der Waals surface area contributed by atoms with Gasteiger partial charge in [-0.25, -0.2) is 9.18 Å². The lowest BCUT2D eigenvalue weighted by Gasteiger charge is -2.18. The van der Waals surface area contributed by atoms with Gasteiger partial charge in [-0.05, 0) is 35.9 Å². The first-order valence-corrected chi connectivity index (χ1v) is 8.24. The Hall–Kier alpha value is -2.61. The van der Waals surface area contributed by atoms with Crippen LogP contribution >= 0.6 is 0 Å². The first kappa shape index (κ1) is 19.2. The van der Waals surface area contributed by atoms with Crippen LogP contribution in [0.25, 0.3) is 0 Å². The SMILES string of the molecule is O=C(O)C1(F)CCN(Cc2cccc(Oc3cccc(C(F)(F)F)c3)c2)C1. The molecule has 0 spiro atoms. The molecule has 0 aliphatic carbocycles. The van der Waals surface area contributed by atoms with Crippen molar-refractivity contribution < 1.29 is 32.2 Å². The molecule has 0 amide bonds. The van der Waals surface area contributed by atoms with Gasteiger partial charge in [-0.2, -0.15) is 13.2 Å². The Morgan fingerprint density at radius 2 is 1.81 bits per heavy atom. The molecular formula is C19H17F4NO3. The van der Waals surface area contributed by atoms with Gasteiger partial charge in [-0.1, -0.05) is 18.2 Å². The number of carboxylic acids is 1. The molecule has 0 bridgehead atoms. The summed E-state index contributed by atoms with van der Waals surface area (Å²) in [5.74, 6) is -1.07. The molecule has 2 aromatic carbocycles. The molecular weight excluding hydrogens is 366 g/mol. The third-order valence-corrected chi connectivity index (χ3v) is 4.38. The summed E-state index contributed by atoms with van der Waals surface area (Å²) in [6.07, 6.45) is -4.54. The number of carbonyl (C=O) groups is 1. The number of carboxylic acid groups (broad SMARTS) is 1. The predicted molar refractivity (Wildman–Crippen MR) is 89.3 cm³/mol. The van der Waals surface area contributed by atoms with E-state index < -0.39 is 23.4 Å². The highest BCUT2D eigenvalue weighted by Crippen LogP contribution is 2.33. The number of aliphatic carboxylic acids is 1. The Bertz CT molecular complexity index is 840. The number of likely N-dealkylation sites (tertiary alicyclic amines) is 1. The van der Waals surface area contributed by atoms with Gasteiger partial charge in [0.15, 0.2) is 0 Å². The summed E-state index contributed by atoms with van der Waals surface area (Å²) in [4.78, 5) is 12.7. The summed E-state index contributed by atoms with van der Waals surface area (Å²) in [5, 5.41) is 8.94. The molecule has 0 aromatic heterocycles. The fourth-order valence-electron chi connectivity index (χ4n) is 2.99. The first-order chi connectivity index (χ1) is 12.7. The van der Waals surface area contributed by atoms with Crippen LogP contribution in [0.4, 0.5) is 17.6 Å². The molecule has 0 saturated carbocycles. The van der Waals surface area contributed by atoms with E-state index >= 15 is 0 Å². The van der Waals surface area contributed by atoms with Gasteiger partial charge in [-0.3, -0.25) is 4.90 Å². The average Bonchev–Trinajstić information content (AvgIpc) is 2.97. The molecule has 1 heterocycles. The quantitative estimate of drug-likeness (QED) is 0.773. The molecule has 8 heteroatoms. The molecule has 1 unspecified atom stereocenters. The van der Waals surface area contributed by atoms with Crippen LogP contribution in [0.2, 0.25) is 0 Å². The van der Waals surface area contributed by atoms with Gasteiger partial charge in [0.2, 0.25) is 5.67 Å². The van der Waals surface area contributed by atoms with E-state index in [1.807, 2.05) is 0 Å². The van der Waals surface area contributed by atoms with Crippen molar-refractivity contribution in [2.45, 2.75) is 24.8 Å². The number of benzene rings is 2. The summed E-state index contributed by atoms with van der Waals surface area (Å²) < 4.78 is 58.0. The maximum atomic E-state index is 14.1. The minimum atomic E-state index is -4.46. The monoisotopic (exact) mass is 383 g/mol. The largest absolute Gasteiger partial charge is 0.479 e. The van der Waals surface area contributed by atoms with Gasteiger partial charge in [0.05, 0.1) is 5.56 Å². The summed E-state index contributed by atoms with van der Waals surface area (Å²) in [6, 6.07) is 11.2. The van der Waals surface area contributed by atoms with E-state index in [4.69, 9.17) is 9.84 Å². The zero-order valence-corrected chi connectivity index (χ0v) is 14.2. The van der Waals surface area contributed by atoms with Crippen LogP contribution in [0, 0.1) is 0 Å². The average molecular weight is 383 g/mol. The van der Waals surface area contributed by atoms with E-state index in [1.54, 1.807) is 29.2 Å². The van der Waals surface area contributed by atoms with E-state index in [0.717, 1.165) is 17.7 Å². The maximum Gasteiger partial charge on any atom is 0.416 e. The molecule has 1 atom stereocenters. The van der Waals surface area contributed by atoms with E-state index in [1.165, 1.54) is 12.1 Å². The van der Waals surface area contributed by atoms with Crippen molar-refractivity contribution in [3.8, 4) is 11.5 Å². The van der Waals surface area contributed by atoms with Crippen molar-refractivity contribution in [1.29, 1.82) is 0 Å². The number of alkyl halides is 4. The molecule has 3 rings (SSSR count). The highest BCUT2D eigenvalue weighted by atomic mass is 19.4. The maximum absolute atomic E-state index is 14.1. The third-order valence-electron chi connectivity index (χ3n) is 4.38. The van der Waals surface area contributed by atoms with Gasteiger partial charge < -0.3 is 9.84 Å². The summed E-state index contributed by atoms with van der Waals surface area (Å²) >= 11 is 0. The lowest BCUT2D eigenvalue weighted by molar-refractivity contribution is -0.150. The van der Waals surface area contributed by atoms with Crippen molar-refractivity contribution in [3.63, 3.8) is 0 Å². The van der Waals surface area contributed by atoms with Gasteiger partial charge in [0.25, 0.3) is 0 Å². The number of nitrogens with zero attached hydrogens (tertiary/aromatic N) is 1. The summed E-state index contributed by atoms with van der Waals surface area (Å²) in [7, 11) is 0. The van der Waals surface area contributed by atoms with Crippen LogP contribution < -0.4 is 4.74 Å². The summed E-state index contributed by atoms with van der Waals surface area (Å²) in [6.45, 7) is 0.418.